The average molecular weight is 165 g/mol. The van der Waals surface area contributed by atoms with Gasteiger partial charge in [0.15, 0.2) is 0 Å². The summed E-state index contributed by atoms with van der Waals surface area (Å²) in [6, 6.07) is 0. The first-order chi connectivity index (χ1) is 5.88. The monoisotopic (exact) mass is 165 g/mol. The summed E-state index contributed by atoms with van der Waals surface area (Å²) in [6.07, 6.45) is 6.46. The van der Waals surface area contributed by atoms with E-state index in [1.807, 2.05) is 6.21 Å². The van der Waals surface area contributed by atoms with Crippen LogP contribution in [-0.2, 0) is 0 Å². The number of aliphatic imine (C=N–C) groups is 1. The van der Waals surface area contributed by atoms with E-state index in [9.17, 15) is 0 Å². The molecule has 2 N–H and O–H groups in total. The van der Waals surface area contributed by atoms with Gasteiger partial charge in [0.05, 0.1) is 0 Å². The maximum absolute atomic E-state index is 7.22. The molecule has 3 nitrogen and oxygen atoms in total. The number of hydrogen-bond donors (Lipinski definition) is 2. The highest BCUT2D eigenvalue weighted by atomic mass is 14.8. The molecule has 1 heterocycles. The highest BCUT2D eigenvalue weighted by Gasteiger charge is 2.10. The average Bonchev–Trinajstić information content (AvgIpc) is 2.15. The molecule has 0 spiro atoms. The van der Waals surface area contributed by atoms with Gasteiger partial charge in [0.1, 0.15) is 0 Å². The van der Waals surface area contributed by atoms with Gasteiger partial charge < -0.3 is 10.7 Å². The molecule has 3 heteroatoms. The molecule has 0 aliphatic carbocycles. The van der Waals surface area contributed by atoms with E-state index in [0.717, 1.165) is 19.5 Å². The van der Waals surface area contributed by atoms with Gasteiger partial charge in [-0.05, 0) is 13.0 Å². The molecule has 1 aliphatic rings. The third-order valence-corrected chi connectivity index (χ3v) is 2.02. The Morgan fingerprint density at radius 2 is 2.58 bits per heavy atom. The third-order valence-electron chi connectivity index (χ3n) is 2.02. The van der Waals surface area contributed by atoms with Crippen LogP contribution in [0.1, 0.15) is 6.42 Å². The zero-order chi connectivity index (χ0) is 8.81. The molecule has 0 aromatic heterocycles. The summed E-state index contributed by atoms with van der Waals surface area (Å²) in [7, 11) is 1.75. The lowest BCUT2D eigenvalue weighted by Gasteiger charge is -2.16. The largest absolute Gasteiger partial charge is 0.313 e. The van der Waals surface area contributed by atoms with Gasteiger partial charge in [-0.15, -0.1) is 0 Å². The van der Waals surface area contributed by atoms with E-state index in [1.54, 1.807) is 7.05 Å². The second-order valence-corrected chi connectivity index (χ2v) is 2.83. The molecule has 0 radical (unpaired) electrons. The smallest absolute Gasteiger partial charge is 0.0495 e. The van der Waals surface area contributed by atoms with Crippen molar-refractivity contribution in [3.05, 3.63) is 11.6 Å². The van der Waals surface area contributed by atoms with Crippen molar-refractivity contribution in [1.82, 2.24) is 5.32 Å². The standard InChI is InChI=1S/C9H15N3/c1-11-7-9(6-10)8-2-4-12-5-3-8/h2,6-7,9-10,12H,3-5H2,1H3. The number of hydrogen-bond acceptors (Lipinski definition) is 3. The van der Waals surface area contributed by atoms with E-state index in [4.69, 9.17) is 5.41 Å². The summed E-state index contributed by atoms with van der Waals surface area (Å²) in [6.45, 7) is 1.95. The molecular weight excluding hydrogens is 150 g/mol. The minimum Gasteiger partial charge on any atom is -0.313 e. The Kier molecular flexibility index (Phi) is 3.67. The molecule has 0 saturated heterocycles. The predicted molar refractivity (Wildman–Crippen MR) is 52.3 cm³/mol. The lowest BCUT2D eigenvalue weighted by Crippen LogP contribution is -2.24. The van der Waals surface area contributed by atoms with Crippen molar-refractivity contribution in [3.63, 3.8) is 0 Å². The van der Waals surface area contributed by atoms with Gasteiger partial charge in [-0.25, -0.2) is 0 Å². The van der Waals surface area contributed by atoms with Gasteiger partial charge in [0, 0.05) is 31.9 Å². The molecule has 0 fully saturated rings. The van der Waals surface area contributed by atoms with Crippen LogP contribution in [0, 0.1) is 11.3 Å². The summed E-state index contributed by atoms with van der Waals surface area (Å²) >= 11 is 0. The van der Waals surface area contributed by atoms with Crippen LogP contribution in [0.5, 0.6) is 0 Å². The van der Waals surface area contributed by atoms with Gasteiger partial charge in [-0.3, -0.25) is 4.99 Å². The molecule has 1 atom stereocenters. The number of nitrogens with zero attached hydrogens (tertiary/aromatic N) is 1. The van der Waals surface area contributed by atoms with Crippen molar-refractivity contribution in [2.24, 2.45) is 10.9 Å². The van der Waals surface area contributed by atoms with Crippen molar-refractivity contribution in [2.75, 3.05) is 20.1 Å². The van der Waals surface area contributed by atoms with Crippen molar-refractivity contribution >= 4 is 12.4 Å². The topological polar surface area (TPSA) is 48.2 Å². The van der Waals surface area contributed by atoms with Crippen molar-refractivity contribution in [1.29, 1.82) is 5.41 Å². The molecule has 66 valence electrons. The van der Waals surface area contributed by atoms with Crippen LogP contribution < -0.4 is 5.32 Å². The van der Waals surface area contributed by atoms with Gasteiger partial charge in [0.25, 0.3) is 0 Å². The molecule has 0 amide bonds. The van der Waals surface area contributed by atoms with Crippen molar-refractivity contribution < 1.29 is 0 Å². The zero-order valence-corrected chi connectivity index (χ0v) is 7.38. The lowest BCUT2D eigenvalue weighted by atomic mass is 9.96. The predicted octanol–water partition coefficient (Wildman–Crippen LogP) is 0.872. The normalized spacial score (nSPS) is 20.6. The third kappa shape index (κ3) is 2.27. The van der Waals surface area contributed by atoms with E-state index in [2.05, 4.69) is 16.4 Å². The Labute approximate surface area is 73.1 Å². The fraction of sp³-hybridized carbons (Fsp3) is 0.556. The summed E-state index contributed by atoms with van der Waals surface area (Å²) in [4.78, 5) is 3.94. The van der Waals surface area contributed by atoms with Crippen LogP contribution in [-0.4, -0.2) is 32.6 Å². The first kappa shape index (κ1) is 9.13. The summed E-state index contributed by atoms with van der Waals surface area (Å²) < 4.78 is 0. The Morgan fingerprint density at radius 1 is 1.75 bits per heavy atom. The van der Waals surface area contributed by atoms with Crippen molar-refractivity contribution in [2.45, 2.75) is 6.42 Å². The minimum absolute atomic E-state index is 0.122. The van der Waals surface area contributed by atoms with Crippen LogP contribution in [0.15, 0.2) is 16.6 Å². The van der Waals surface area contributed by atoms with Crippen LogP contribution >= 0.6 is 0 Å². The maximum atomic E-state index is 7.22. The molecule has 0 aromatic carbocycles. The van der Waals surface area contributed by atoms with Gasteiger partial charge in [0.2, 0.25) is 0 Å². The van der Waals surface area contributed by atoms with E-state index in [-0.39, 0.29) is 5.92 Å². The van der Waals surface area contributed by atoms with Crippen LogP contribution in [0.25, 0.3) is 0 Å². The van der Waals surface area contributed by atoms with E-state index >= 15 is 0 Å². The molecule has 0 aromatic rings. The van der Waals surface area contributed by atoms with E-state index in [1.165, 1.54) is 11.8 Å². The minimum atomic E-state index is 0.122. The Hall–Kier alpha value is -0.960. The molecule has 0 saturated carbocycles. The van der Waals surface area contributed by atoms with Gasteiger partial charge >= 0.3 is 0 Å². The summed E-state index contributed by atoms with van der Waals surface area (Å²) in [5.74, 6) is 0.122. The highest BCUT2D eigenvalue weighted by Crippen LogP contribution is 2.12. The molecule has 1 rings (SSSR count). The molecule has 12 heavy (non-hydrogen) atoms. The Balaban J connectivity index is 2.63. The Morgan fingerprint density at radius 3 is 3.08 bits per heavy atom. The first-order valence-electron chi connectivity index (χ1n) is 4.21. The molecular formula is C9H15N3. The maximum Gasteiger partial charge on any atom is 0.0495 e. The van der Waals surface area contributed by atoms with E-state index < -0.39 is 0 Å². The Bertz CT molecular complexity index is 206. The van der Waals surface area contributed by atoms with Crippen LogP contribution in [0.2, 0.25) is 0 Å². The molecule has 1 aliphatic heterocycles. The highest BCUT2D eigenvalue weighted by molar-refractivity contribution is 5.86. The van der Waals surface area contributed by atoms with Crippen LogP contribution in [0.4, 0.5) is 0 Å². The number of nitrogens with one attached hydrogen (secondary N) is 2. The second kappa shape index (κ2) is 4.83. The molecule has 1 unspecified atom stereocenters. The van der Waals surface area contributed by atoms with Crippen molar-refractivity contribution in [3.8, 4) is 0 Å². The van der Waals surface area contributed by atoms with Gasteiger partial charge in [-0.2, -0.15) is 0 Å². The molecule has 0 bridgehead atoms. The SMILES string of the molecule is CN=CC(C=N)C1=CCNCC1. The number of rotatable bonds is 3. The first-order valence-corrected chi connectivity index (χ1v) is 4.21. The fourth-order valence-corrected chi connectivity index (χ4v) is 1.35. The fourth-order valence-electron chi connectivity index (χ4n) is 1.35. The lowest BCUT2D eigenvalue weighted by molar-refractivity contribution is 0.686. The van der Waals surface area contributed by atoms with Crippen LogP contribution in [0.3, 0.4) is 0 Å². The van der Waals surface area contributed by atoms with E-state index in [0.29, 0.717) is 0 Å². The summed E-state index contributed by atoms with van der Waals surface area (Å²) in [5.41, 5.74) is 1.31. The second-order valence-electron chi connectivity index (χ2n) is 2.83. The zero-order valence-electron chi connectivity index (χ0n) is 7.38. The van der Waals surface area contributed by atoms with Gasteiger partial charge in [-0.1, -0.05) is 11.6 Å². The summed E-state index contributed by atoms with van der Waals surface area (Å²) in [5, 5.41) is 10.5. The quantitative estimate of drug-likeness (QED) is 0.473.